The predicted molar refractivity (Wildman–Crippen MR) is 162 cm³/mol. The molecule has 3 heteroatoms. The van der Waals surface area contributed by atoms with Gasteiger partial charge in [0.2, 0.25) is 0 Å². The van der Waals surface area contributed by atoms with Gasteiger partial charge in [-0.1, -0.05) is 77.9 Å². The molecule has 0 unspecified atom stereocenters. The zero-order valence-corrected chi connectivity index (χ0v) is 24.4. The fourth-order valence-electron chi connectivity index (χ4n) is 5.60. The number of hydrogen-bond donors (Lipinski definition) is 0. The van der Waals surface area contributed by atoms with Gasteiger partial charge >= 0.3 is 0 Å². The van der Waals surface area contributed by atoms with Gasteiger partial charge < -0.3 is 0 Å². The lowest BCUT2D eigenvalue weighted by Crippen LogP contribution is -2.12. The Labute approximate surface area is 227 Å². The molecule has 0 aliphatic carbocycles. The van der Waals surface area contributed by atoms with Crippen molar-refractivity contribution >= 4 is 32.3 Å². The van der Waals surface area contributed by atoms with Gasteiger partial charge in [-0.15, -0.1) is 11.3 Å². The maximum Gasteiger partial charge on any atom is 0.116 e. The van der Waals surface area contributed by atoms with Crippen molar-refractivity contribution in [3.8, 4) is 21.7 Å². The first kappa shape index (κ1) is 24.3. The van der Waals surface area contributed by atoms with E-state index in [0.717, 1.165) is 33.5 Å². The molecule has 5 rings (SSSR count). The van der Waals surface area contributed by atoms with E-state index in [-0.39, 0.29) is 17.1 Å². The zero-order chi connectivity index (χ0) is 27.6. The van der Waals surface area contributed by atoms with E-state index >= 15 is 0 Å². The smallest absolute Gasteiger partial charge is 0.116 e. The molecule has 0 fully saturated rings. The van der Waals surface area contributed by atoms with Gasteiger partial charge in [0.15, 0.2) is 0 Å². The minimum atomic E-state index is -0.0227. The van der Waals surface area contributed by atoms with Gasteiger partial charge in [0.25, 0.3) is 0 Å². The van der Waals surface area contributed by atoms with Crippen molar-refractivity contribution < 1.29 is 1.37 Å². The first-order valence-electron chi connectivity index (χ1n) is 13.6. The van der Waals surface area contributed by atoms with Crippen LogP contribution in [0.1, 0.15) is 70.7 Å². The highest BCUT2D eigenvalue weighted by Crippen LogP contribution is 2.44. The van der Waals surface area contributed by atoms with E-state index in [0.29, 0.717) is 0 Å². The minimum absolute atomic E-state index is 0.0227. The monoisotopic (exact) mass is 507 g/mol. The molecule has 0 saturated carbocycles. The Kier molecular flexibility index (Phi) is 5.95. The van der Waals surface area contributed by atoms with Crippen molar-refractivity contribution in [2.45, 2.75) is 74.1 Å². The summed E-state index contributed by atoms with van der Waals surface area (Å²) in [6, 6.07) is 17.8. The molecule has 0 atom stereocenters. The maximum atomic E-state index is 8.50. The summed E-state index contributed by atoms with van der Waals surface area (Å²) in [7, 11) is 0. The van der Waals surface area contributed by atoms with Crippen LogP contribution in [-0.2, 0) is 11.8 Å². The van der Waals surface area contributed by atoms with Crippen molar-refractivity contribution in [1.82, 2.24) is 9.97 Å². The summed E-state index contributed by atoms with van der Waals surface area (Å²) in [4.78, 5) is 10.6. The molecule has 0 bridgehead atoms. The van der Waals surface area contributed by atoms with Crippen LogP contribution < -0.4 is 0 Å². The number of thiophene rings is 1. The molecule has 0 saturated heterocycles. The van der Waals surface area contributed by atoms with Gasteiger partial charge in [-0.2, -0.15) is 0 Å². The van der Waals surface area contributed by atoms with Gasteiger partial charge in [-0.25, -0.2) is 9.97 Å². The van der Waals surface area contributed by atoms with E-state index in [1.807, 2.05) is 0 Å². The highest BCUT2D eigenvalue weighted by Gasteiger charge is 2.22. The number of fused-ring (bicyclic) bond motifs is 2. The minimum Gasteiger partial charge on any atom is -0.235 e. The summed E-state index contributed by atoms with van der Waals surface area (Å²) >= 11 is 1.76. The molecule has 190 valence electrons. The summed E-state index contributed by atoms with van der Waals surface area (Å²) in [5, 5.41) is 2.47. The molecule has 2 aromatic heterocycles. The van der Waals surface area contributed by atoms with E-state index in [2.05, 4.69) is 116 Å². The molecule has 37 heavy (non-hydrogen) atoms. The number of rotatable bonds is 3. The van der Waals surface area contributed by atoms with Gasteiger partial charge in [0.05, 0.1) is 15.9 Å². The van der Waals surface area contributed by atoms with Crippen LogP contribution in [0.15, 0.2) is 54.8 Å². The first-order valence-corrected chi connectivity index (χ1v) is 14.0. The Hall–Kier alpha value is -3.04. The third-order valence-electron chi connectivity index (χ3n) is 7.15. The predicted octanol–water partition coefficient (Wildman–Crippen LogP) is 9.99. The standard InChI is InChI=1S/C34H38N2S/c1-20-14-23(18-33(4,5)6)15-21(2)28(20)31-22(3)29-32(37-31)30(36-19-35-29)25-16-24-12-10-11-13-26(24)27(17-25)34(7,8)9/h10-17,19H,18H2,1-9H3/i19D. The van der Waals surface area contributed by atoms with Gasteiger partial charge in [0, 0.05) is 10.4 Å². The molecule has 3 aromatic carbocycles. The Morgan fingerprint density at radius 1 is 0.865 bits per heavy atom. The van der Waals surface area contributed by atoms with Crippen LogP contribution in [0.4, 0.5) is 0 Å². The summed E-state index contributed by atoms with van der Waals surface area (Å²) in [5.41, 5.74) is 10.7. The van der Waals surface area contributed by atoms with Gasteiger partial charge in [-0.3, -0.25) is 0 Å². The summed E-state index contributed by atoms with van der Waals surface area (Å²) < 4.78 is 9.55. The van der Waals surface area contributed by atoms with Crippen LogP contribution in [0, 0.1) is 26.2 Å². The fourth-order valence-corrected chi connectivity index (χ4v) is 7.04. The van der Waals surface area contributed by atoms with Crippen LogP contribution in [0.2, 0.25) is 0 Å². The lowest BCUT2D eigenvalue weighted by atomic mass is 9.82. The lowest BCUT2D eigenvalue weighted by molar-refractivity contribution is 0.411. The second-order valence-corrected chi connectivity index (χ2v) is 13.8. The Morgan fingerprint density at radius 2 is 1.54 bits per heavy atom. The molecule has 0 radical (unpaired) electrons. The van der Waals surface area contributed by atoms with E-state index in [1.54, 1.807) is 11.3 Å². The summed E-state index contributed by atoms with van der Waals surface area (Å²) in [6.07, 6.45) is 1.12. The van der Waals surface area contributed by atoms with E-state index in [9.17, 15) is 0 Å². The topological polar surface area (TPSA) is 25.8 Å². The number of benzene rings is 3. The lowest BCUT2D eigenvalue weighted by Gasteiger charge is -2.22. The van der Waals surface area contributed by atoms with Crippen LogP contribution in [0.5, 0.6) is 0 Å². The number of aromatic nitrogens is 2. The third kappa shape index (κ3) is 4.82. The number of nitrogens with zero attached hydrogens (tertiary/aromatic N) is 2. The SMILES string of the molecule is [2H]c1nc(-c2cc(C(C)(C)C)c3ccccc3c2)c2sc(-c3c(C)cc(CC(C)(C)C)cc3C)c(C)c2n1. The van der Waals surface area contributed by atoms with Gasteiger partial charge in [-0.05, 0) is 94.3 Å². The maximum absolute atomic E-state index is 8.50. The van der Waals surface area contributed by atoms with E-state index in [4.69, 9.17) is 6.35 Å². The molecule has 0 aliphatic heterocycles. The molecule has 5 aromatic rings. The highest BCUT2D eigenvalue weighted by molar-refractivity contribution is 7.23. The number of hydrogen-bond acceptors (Lipinski definition) is 3. The molecule has 0 amide bonds. The third-order valence-corrected chi connectivity index (χ3v) is 8.46. The van der Waals surface area contributed by atoms with Crippen molar-refractivity contribution in [2.75, 3.05) is 0 Å². The second kappa shape index (κ2) is 9.06. The summed E-state index contributed by atoms with van der Waals surface area (Å²) in [5.74, 6) is 0. The molecular weight excluding hydrogens is 468 g/mol. The molecule has 2 nitrogen and oxygen atoms in total. The van der Waals surface area contributed by atoms with Crippen LogP contribution >= 0.6 is 11.3 Å². The van der Waals surface area contributed by atoms with Crippen LogP contribution in [0.3, 0.4) is 0 Å². The van der Waals surface area contributed by atoms with Crippen molar-refractivity contribution in [3.05, 3.63) is 82.7 Å². The fraction of sp³-hybridized carbons (Fsp3) is 0.353. The molecule has 0 spiro atoms. The Balaban J connectivity index is 1.75. The average Bonchev–Trinajstić information content (AvgIpc) is 3.11. The van der Waals surface area contributed by atoms with Crippen molar-refractivity contribution in [3.63, 3.8) is 0 Å². The first-order chi connectivity index (χ1) is 17.7. The molecule has 2 heterocycles. The Morgan fingerprint density at radius 3 is 2.19 bits per heavy atom. The van der Waals surface area contributed by atoms with Crippen molar-refractivity contribution in [1.29, 1.82) is 0 Å². The quantitative estimate of drug-likeness (QED) is 0.243. The zero-order valence-electron chi connectivity index (χ0n) is 24.6. The molecular formula is C34H38N2S. The Bertz CT molecular complexity index is 1670. The van der Waals surface area contributed by atoms with Crippen LogP contribution in [0.25, 0.3) is 42.7 Å². The van der Waals surface area contributed by atoms with E-state index in [1.165, 1.54) is 43.5 Å². The van der Waals surface area contributed by atoms with Crippen LogP contribution in [-0.4, -0.2) is 9.97 Å². The highest BCUT2D eigenvalue weighted by atomic mass is 32.1. The average molecular weight is 508 g/mol. The summed E-state index contributed by atoms with van der Waals surface area (Å²) in [6.45, 7) is 20.2. The van der Waals surface area contributed by atoms with Crippen molar-refractivity contribution in [2.24, 2.45) is 5.41 Å². The normalized spacial score (nSPS) is 12.9. The largest absolute Gasteiger partial charge is 0.235 e. The number of aryl methyl sites for hydroxylation is 3. The molecule has 0 N–H and O–H groups in total. The van der Waals surface area contributed by atoms with Gasteiger partial charge in [0.1, 0.15) is 7.67 Å². The van der Waals surface area contributed by atoms with E-state index < -0.39 is 0 Å². The second-order valence-electron chi connectivity index (χ2n) is 12.7. The molecule has 0 aliphatic rings.